The van der Waals surface area contributed by atoms with Crippen molar-refractivity contribution >= 4 is 11.6 Å². The first-order valence-electron chi connectivity index (χ1n) is 10.4. The van der Waals surface area contributed by atoms with Gasteiger partial charge in [-0.2, -0.15) is 0 Å². The molecule has 29 heavy (non-hydrogen) atoms. The number of aryl methyl sites for hydroxylation is 1. The van der Waals surface area contributed by atoms with Crippen LogP contribution >= 0.6 is 0 Å². The maximum absolute atomic E-state index is 13.1. The molecule has 0 unspecified atom stereocenters. The van der Waals surface area contributed by atoms with Crippen molar-refractivity contribution in [1.82, 2.24) is 5.32 Å². The first kappa shape index (κ1) is 19.3. The highest BCUT2D eigenvalue weighted by atomic mass is 16.1. The molecule has 0 spiro atoms. The molecule has 1 heterocycles. The Bertz CT molecular complexity index is 874. The summed E-state index contributed by atoms with van der Waals surface area (Å²) in [5.74, 6) is 0.220. The van der Waals surface area contributed by atoms with Gasteiger partial charge in [-0.25, -0.2) is 0 Å². The molecule has 0 aromatic heterocycles. The minimum atomic E-state index is -0.111. The Labute approximate surface area is 173 Å². The molecule has 3 heteroatoms. The summed E-state index contributed by atoms with van der Waals surface area (Å²) >= 11 is 0. The van der Waals surface area contributed by atoms with E-state index in [1.54, 1.807) is 0 Å². The molecule has 0 bridgehead atoms. The molecule has 1 amide bonds. The first-order chi connectivity index (χ1) is 14.2. The molecular formula is C26H28N2O. The number of hydrogen-bond donors (Lipinski definition) is 1. The third-order valence-corrected chi connectivity index (χ3v) is 5.82. The molecule has 0 aliphatic carbocycles. The van der Waals surface area contributed by atoms with E-state index >= 15 is 0 Å². The topological polar surface area (TPSA) is 32.3 Å². The molecule has 148 valence electrons. The molecule has 3 nitrogen and oxygen atoms in total. The van der Waals surface area contributed by atoms with Gasteiger partial charge in [-0.3, -0.25) is 4.79 Å². The summed E-state index contributed by atoms with van der Waals surface area (Å²) in [6.45, 7) is 3.95. The van der Waals surface area contributed by atoms with Gasteiger partial charge in [0.05, 0.1) is 6.04 Å². The SMILES string of the molecule is Cc1ccc(N2CCC(C(=O)NC(c3ccccc3)c3ccccc3)CC2)cc1. The number of hydrogen-bond acceptors (Lipinski definition) is 2. The zero-order valence-electron chi connectivity index (χ0n) is 16.9. The number of benzene rings is 3. The molecule has 0 saturated carbocycles. The number of rotatable bonds is 5. The van der Waals surface area contributed by atoms with E-state index in [-0.39, 0.29) is 17.9 Å². The van der Waals surface area contributed by atoms with Crippen LogP contribution in [0.4, 0.5) is 5.69 Å². The third kappa shape index (κ3) is 4.68. The minimum Gasteiger partial charge on any atom is -0.371 e. The van der Waals surface area contributed by atoms with Crippen LogP contribution in [0.25, 0.3) is 0 Å². The standard InChI is InChI=1S/C26H28N2O/c1-20-12-14-24(15-13-20)28-18-16-23(17-19-28)26(29)27-25(21-8-4-2-5-9-21)22-10-6-3-7-11-22/h2-15,23,25H,16-19H2,1H3,(H,27,29). The lowest BCUT2D eigenvalue weighted by molar-refractivity contribution is -0.126. The van der Waals surface area contributed by atoms with Crippen LogP contribution < -0.4 is 10.2 Å². The summed E-state index contributed by atoms with van der Waals surface area (Å²) in [6, 6.07) is 29.0. The number of carbonyl (C=O) groups is 1. The van der Waals surface area contributed by atoms with Gasteiger partial charge >= 0.3 is 0 Å². The Balaban J connectivity index is 1.43. The zero-order chi connectivity index (χ0) is 20.1. The van der Waals surface area contributed by atoms with Crippen LogP contribution in [-0.2, 0) is 4.79 Å². The fraction of sp³-hybridized carbons (Fsp3) is 0.269. The van der Waals surface area contributed by atoms with Crippen molar-refractivity contribution in [2.75, 3.05) is 18.0 Å². The molecule has 3 aromatic carbocycles. The normalized spacial score (nSPS) is 14.8. The molecule has 1 N–H and O–H groups in total. The molecule has 0 atom stereocenters. The second-order valence-electron chi connectivity index (χ2n) is 7.86. The lowest BCUT2D eigenvalue weighted by Gasteiger charge is -2.34. The van der Waals surface area contributed by atoms with Crippen LogP contribution in [-0.4, -0.2) is 19.0 Å². The number of carbonyl (C=O) groups excluding carboxylic acids is 1. The number of amides is 1. The van der Waals surface area contributed by atoms with Gasteiger partial charge in [-0.05, 0) is 43.0 Å². The van der Waals surface area contributed by atoms with Gasteiger partial charge in [0.1, 0.15) is 0 Å². The average molecular weight is 385 g/mol. The van der Waals surface area contributed by atoms with Crippen molar-refractivity contribution in [3.05, 3.63) is 102 Å². The number of nitrogens with zero attached hydrogens (tertiary/aromatic N) is 1. The zero-order valence-corrected chi connectivity index (χ0v) is 16.9. The van der Waals surface area contributed by atoms with E-state index in [4.69, 9.17) is 0 Å². The first-order valence-corrected chi connectivity index (χ1v) is 10.4. The van der Waals surface area contributed by atoms with Gasteiger partial charge in [0, 0.05) is 24.7 Å². The van der Waals surface area contributed by atoms with E-state index < -0.39 is 0 Å². The Hall–Kier alpha value is -3.07. The van der Waals surface area contributed by atoms with Gasteiger partial charge in [-0.15, -0.1) is 0 Å². The van der Waals surface area contributed by atoms with Crippen molar-refractivity contribution in [3.8, 4) is 0 Å². The summed E-state index contributed by atoms with van der Waals surface area (Å²) in [5, 5.41) is 3.32. The molecular weight excluding hydrogens is 356 g/mol. The molecule has 1 saturated heterocycles. The smallest absolute Gasteiger partial charge is 0.223 e. The number of piperidine rings is 1. The minimum absolute atomic E-state index is 0.0617. The predicted octanol–water partition coefficient (Wildman–Crippen LogP) is 5.12. The summed E-state index contributed by atoms with van der Waals surface area (Å²) in [7, 11) is 0. The van der Waals surface area contributed by atoms with Crippen LogP contribution in [0.3, 0.4) is 0 Å². The summed E-state index contributed by atoms with van der Waals surface area (Å²) < 4.78 is 0. The maximum Gasteiger partial charge on any atom is 0.223 e. The van der Waals surface area contributed by atoms with Crippen LogP contribution in [0, 0.1) is 12.8 Å². The second kappa shape index (κ2) is 8.95. The molecule has 1 aliphatic rings. The van der Waals surface area contributed by atoms with E-state index in [1.165, 1.54) is 11.3 Å². The highest BCUT2D eigenvalue weighted by molar-refractivity contribution is 5.80. The van der Waals surface area contributed by atoms with E-state index in [2.05, 4.69) is 65.7 Å². The number of nitrogens with one attached hydrogen (secondary N) is 1. The summed E-state index contributed by atoms with van der Waals surface area (Å²) in [5.41, 5.74) is 4.75. The fourth-order valence-electron chi connectivity index (χ4n) is 4.07. The van der Waals surface area contributed by atoms with Gasteiger partial charge in [0.2, 0.25) is 5.91 Å². The van der Waals surface area contributed by atoms with E-state index in [0.29, 0.717) is 0 Å². The van der Waals surface area contributed by atoms with Gasteiger partial charge in [0.15, 0.2) is 0 Å². The lowest BCUT2D eigenvalue weighted by Crippen LogP contribution is -2.41. The largest absolute Gasteiger partial charge is 0.371 e. The molecule has 0 radical (unpaired) electrons. The quantitative estimate of drug-likeness (QED) is 0.662. The highest BCUT2D eigenvalue weighted by Gasteiger charge is 2.27. The van der Waals surface area contributed by atoms with Gasteiger partial charge in [0.25, 0.3) is 0 Å². The van der Waals surface area contributed by atoms with Gasteiger partial charge < -0.3 is 10.2 Å². The van der Waals surface area contributed by atoms with Crippen LogP contribution in [0.1, 0.15) is 35.6 Å². The van der Waals surface area contributed by atoms with Crippen molar-refractivity contribution in [2.45, 2.75) is 25.8 Å². The van der Waals surface area contributed by atoms with Crippen LogP contribution in [0.5, 0.6) is 0 Å². The molecule has 1 fully saturated rings. The lowest BCUT2D eigenvalue weighted by atomic mass is 9.93. The Morgan fingerprint density at radius 1 is 0.828 bits per heavy atom. The second-order valence-corrected chi connectivity index (χ2v) is 7.86. The van der Waals surface area contributed by atoms with Crippen molar-refractivity contribution in [1.29, 1.82) is 0 Å². The van der Waals surface area contributed by atoms with Crippen molar-refractivity contribution < 1.29 is 4.79 Å². The fourth-order valence-corrected chi connectivity index (χ4v) is 4.07. The van der Waals surface area contributed by atoms with Gasteiger partial charge in [-0.1, -0.05) is 78.4 Å². The maximum atomic E-state index is 13.1. The van der Waals surface area contributed by atoms with E-state index in [1.807, 2.05) is 36.4 Å². The van der Waals surface area contributed by atoms with E-state index in [0.717, 1.165) is 37.1 Å². The van der Waals surface area contributed by atoms with Crippen molar-refractivity contribution in [2.24, 2.45) is 5.92 Å². The predicted molar refractivity (Wildman–Crippen MR) is 119 cm³/mol. The van der Waals surface area contributed by atoms with Crippen LogP contribution in [0.2, 0.25) is 0 Å². The summed E-state index contributed by atoms with van der Waals surface area (Å²) in [4.78, 5) is 15.5. The highest BCUT2D eigenvalue weighted by Crippen LogP contribution is 2.26. The third-order valence-electron chi connectivity index (χ3n) is 5.82. The molecule has 4 rings (SSSR count). The Morgan fingerprint density at radius 2 is 1.34 bits per heavy atom. The van der Waals surface area contributed by atoms with E-state index in [9.17, 15) is 4.79 Å². The monoisotopic (exact) mass is 384 g/mol. The van der Waals surface area contributed by atoms with Crippen LogP contribution in [0.15, 0.2) is 84.9 Å². The average Bonchev–Trinajstić information content (AvgIpc) is 2.79. The number of anilines is 1. The summed E-state index contributed by atoms with van der Waals surface area (Å²) in [6.07, 6.45) is 1.77. The Kier molecular flexibility index (Phi) is 5.95. The Morgan fingerprint density at radius 3 is 1.86 bits per heavy atom. The molecule has 3 aromatic rings. The molecule has 1 aliphatic heterocycles. The van der Waals surface area contributed by atoms with Crippen molar-refractivity contribution in [3.63, 3.8) is 0 Å².